The van der Waals surface area contributed by atoms with Crippen molar-refractivity contribution >= 4 is 63.8 Å². The molecule has 1 aliphatic rings. The van der Waals surface area contributed by atoms with Gasteiger partial charge >= 0.3 is 6.03 Å². The largest absolute Gasteiger partial charge is 0.490 e. The molecule has 1 fully saturated rings. The van der Waals surface area contributed by atoms with E-state index >= 15 is 0 Å². The zero-order valence-corrected chi connectivity index (χ0v) is 26.2. The molecular weight excluding hydrogens is 702 g/mol. The summed E-state index contributed by atoms with van der Waals surface area (Å²) in [4.78, 5) is 39.9. The molecule has 1 heterocycles. The van der Waals surface area contributed by atoms with Crippen LogP contribution in [0.3, 0.4) is 0 Å². The van der Waals surface area contributed by atoms with Crippen LogP contribution in [0.2, 0.25) is 5.02 Å². The van der Waals surface area contributed by atoms with E-state index in [9.17, 15) is 18.8 Å². The minimum absolute atomic E-state index is 0.107. The summed E-state index contributed by atoms with van der Waals surface area (Å²) in [6.07, 6.45) is 1.39. The van der Waals surface area contributed by atoms with Crippen LogP contribution in [0.4, 0.5) is 14.9 Å². The molecule has 1 N–H and O–H groups in total. The van der Waals surface area contributed by atoms with Gasteiger partial charge in [-0.2, -0.15) is 0 Å². The highest BCUT2D eigenvalue weighted by Gasteiger charge is 2.37. The second kappa shape index (κ2) is 13.9. The molecule has 0 aliphatic carbocycles. The number of amides is 4. The van der Waals surface area contributed by atoms with Gasteiger partial charge < -0.3 is 14.2 Å². The summed E-state index contributed by atoms with van der Waals surface area (Å²) >= 11 is 8.25. The van der Waals surface area contributed by atoms with Gasteiger partial charge in [-0.15, -0.1) is 0 Å². The zero-order valence-electron chi connectivity index (χ0n) is 23.3. The molecule has 0 aromatic heterocycles. The van der Waals surface area contributed by atoms with Crippen LogP contribution < -0.4 is 24.4 Å². The van der Waals surface area contributed by atoms with Gasteiger partial charge in [0.25, 0.3) is 11.8 Å². The summed E-state index contributed by atoms with van der Waals surface area (Å²) in [5.41, 5.74) is 1.94. The van der Waals surface area contributed by atoms with Crippen LogP contribution in [0.15, 0.2) is 90.5 Å². The number of barbiturate groups is 1. The van der Waals surface area contributed by atoms with Crippen molar-refractivity contribution in [3.63, 3.8) is 0 Å². The smallest absolute Gasteiger partial charge is 0.335 e. The molecule has 11 heteroatoms. The average molecular weight is 727 g/mol. The van der Waals surface area contributed by atoms with E-state index in [2.05, 4.69) is 27.9 Å². The SMILES string of the molecule is CCOc1cc(/C=C2\C(=O)NC(=O)N(c3ccc(OCc4ccccc4Cl)cc3)C2=O)cc(I)c1OCc1cccc(F)c1. The molecule has 4 amide bonds. The molecule has 4 aromatic rings. The van der Waals surface area contributed by atoms with Gasteiger partial charge in [0.05, 0.1) is 15.9 Å². The summed E-state index contributed by atoms with van der Waals surface area (Å²) in [5, 5.41) is 2.81. The number of carbonyl (C=O) groups excluding carboxylic acids is 3. The van der Waals surface area contributed by atoms with E-state index in [1.165, 1.54) is 18.2 Å². The zero-order chi connectivity index (χ0) is 31.2. The number of ether oxygens (including phenoxy) is 3. The lowest BCUT2D eigenvalue weighted by Gasteiger charge is -2.26. The second-order valence-electron chi connectivity index (χ2n) is 9.51. The standard InChI is InChI=1S/C33H25ClFIN2O6/c1-2-42-29-17-21(16-28(36)30(29)44-18-20-6-5-8-23(35)14-20)15-26-31(39)37-33(41)38(32(26)40)24-10-12-25(13-11-24)43-19-22-7-3-4-9-27(22)34/h3-17H,2,18-19H2,1H3,(H,37,39,41)/b26-15+. The Morgan fingerprint density at radius 2 is 1.68 bits per heavy atom. The number of carbonyl (C=O) groups is 3. The molecule has 1 aliphatic heterocycles. The molecule has 8 nitrogen and oxygen atoms in total. The molecule has 1 saturated heterocycles. The fourth-order valence-corrected chi connectivity index (χ4v) is 5.35. The maximum absolute atomic E-state index is 13.6. The Morgan fingerprint density at radius 3 is 2.41 bits per heavy atom. The predicted octanol–water partition coefficient (Wildman–Crippen LogP) is 7.31. The van der Waals surface area contributed by atoms with Gasteiger partial charge in [-0.05, 0) is 101 Å². The number of benzene rings is 4. The predicted molar refractivity (Wildman–Crippen MR) is 172 cm³/mol. The number of halogens is 3. The van der Waals surface area contributed by atoms with Crippen molar-refractivity contribution in [1.82, 2.24) is 5.32 Å². The van der Waals surface area contributed by atoms with Gasteiger partial charge in [0, 0.05) is 10.6 Å². The first kappa shape index (κ1) is 31.0. The number of rotatable bonds is 10. The quantitative estimate of drug-likeness (QED) is 0.105. The Labute approximate surface area is 271 Å². The van der Waals surface area contributed by atoms with Crippen molar-refractivity contribution in [1.29, 1.82) is 0 Å². The summed E-state index contributed by atoms with van der Waals surface area (Å²) in [6.45, 7) is 2.48. The van der Waals surface area contributed by atoms with E-state index in [-0.39, 0.29) is 30.3 Å². The van der Waals surface area contributed by atoms with Crippen molar-refractivity contribution < 1.29 is 33.0 Å². The maximum atomic E-state index is 13.6. The van der Waals surface area contributed by atoms with Crippen LogP contribution in [0, 0.1) is 9.39 Å². The molecule has 0 atom stereocenters. The first-order valence-electron chi connectivity index (χ1n) is 13.4. The van der Waals surface area contributed by atoms with Gasteiger partial charge in [0.15, 0.2) is 11.5 Å². The van der Waals surface area contributed by atoms with E-state index in [4.69, 9.17) is 25.8 Å². The Balaban J connectivity index is 1.36. The van der Waals surface area contributed by atoms with Crippen LogP contribution in [0.25, 0.3) is 6.08 Å². The monoisotopic (exact) mass is 726 g/mol. The highest BCUT2D eigenvalue weighted by Crippen LogP contribution is 2.36. The van der Waals surface area contributed by atoms with E-state index in [0.29, 0.717) is 43.6 Å². The topological polar surface area (TPSA) is 94.2 Å². The summed E-state index contributed by atoms with van der Waals surface area (Å²) in [6, 6.07) is 22.2. The van der Waals surface area contributed by atoms with Gasteiger partial charge in [-0.1, -0.05) is 41.9 Å². The van der Waals surface area contributed by atoms with Crippen LogP contribution in [-0.4, -0.2) is 24.5 Å². The first-order valence-corrected chi connectivity index (χ1v) is 14.9. The van der Waals surface area contributed by atoms with Gasteiger partial charge in [-0.25, -0.2) is 14.1 Å². The molecule has 0 bridgehead atoms. The minimum Gasteiger partial charge on any atom is -0.490 e. The van der Waals surface area contributed by atoms with Crippen molar-refractivity contribution in [2.75, 3.05) is 11.5 Å². The molecule has 224 valence electrons. The highest BCUT2D eigenvalue weighted by atomic mass is 127. The van der Waals surface area contributed by atoms with E-state index in [1.54, 1.807) is 54.6 Å². The minimum atomic E-state index is -0.868. The molecule has 44 heavy (non-hydrogen) atoms. The van der Waals surface area contributed by atoms with Crippen LogP contribution in [-0.2, 0) is 22.8 Å². The number of imide groups is 2. The lowest BCUT2D eigenvalue weighted by atomic mass is 10.1. The first-order chi connectivity index (χ1) is 21.2. The molecule has 0 saturated carbocycles. The van der Waals surface area contributed by atoms with E-state index in [1.807, 2.05) is 25.1 Å². The third-order valence-electron chi connectivity index (χ3n) is 6.46. The molecule has 0 spiro atoms. The number of urea groups is 1. The maximum Gasteiger partial charge on any atom is 0.335 e. The Bertz CT molecular complexity index is 1760. The number of hydrogen-bond donors (Lipinski definition) is 1. The summed E-state index contributed by atoms with van der Waals surface area (Å²) < 4.78 is 31.8. The van der Waals surface area contributed by atoms with E-state index in [0.717, 1.165) is 10.5 Å². The van der Waals surface area contributed by atoms with Crippen LogP contribution in [0.5, 0.6) is 17.2 Å². The summed E-state index contributed by atoms with van der Waals surface area (Å²) in [7, 11) is 0. The number of hydrogen-bond acceptors (Lipinski definition) is 6. The second-order valence-corrected chi connectivity index (χ2v) is 11.1. The highest BCUT2D eigenvalue weighted by molar-refractivity contribution is 14.1. The Kier molecular flexibility index (Phi) is 9.81. The molecule has 0 unspecified atom stereocenters. The molecular formula is C33H25ClFIN2O6. The number of nitrogens with one attached hydrogen (secondary N) is 1. The lowest BCUT2D eigenvalue weighted by Crippen LogP contribution is -2.54. The Morgan fingerprint density at radius 1 is 0.909 bits per heavy atom. The third kappa shape index (κ3) is 7.20. The molecule has 0 radical (unpaired) electrons. The van der Waals surface area contributed by atoms with Gasteiger partial charge in [-0.3, -0.25) is 14.9 Å². The van der Waals surface area contributed by atoms with Gasteiger partial charge in [0.2, 0.25) is 0 Å². The normalized spacial score (nSPS) is 14.0. The van der Waals surface area contributed by atoms with Crippen molar-refractivity contribution in [2.24, 2.45) is 0 Å². The van der Waals surface area contributed by atoms with Crippen molar-refractivity contribution in [3.8, 4) is 17.2 Å². The fourth-order valence-electron chi connectivity index (χ4n) is 4.38. The fraction of sp³-hybridized carbons (Fsp3) is 0.121. The molecule has 5 rings (SSSR count). The van der Waals surface area contributed by atoms with Crippen molar-refractivity contribution in [3.05, 3.63) is 122 Å². The average Bonchev–Trinajstić information content (AvgIpc) is 2.99. The van der Waals surface area contributed by atoms with Gasteiger partial charge in [0.1, 0.15) is 30.4 Å². The van der Waals surface area contributed by atoms with Crippen LogP contribution >= 0.6 is 34.2 Å². The lowest BCUT2D eigenvalue weighted by molar-refractivity contribution is -0.122. The number of nitrogens with zero attached hydrogens (tertiary/aromatic N) is 1. The van der Waals surface area contributed by atoms with Crippen molar-refractivity contribution in [2.45, 2.75) is 20.1 Å². The van der Waals surface area contributed by atoms with E-state index < -0.39 is 17.8 Å². The number of anilines is 1. The summed E-state index contributed by atoms with van der Waals surface area (Å²) in [5.74, 6) is -0.659. The van der Waals surface area contributed by atoms with Crippen LogP contribution in [0.1, 0.15) is 23.6 Å². The third-order valence-corrected chi connectivity index (χ3v) is 7.63. The molecule has 4 aromatic carbocycles. The Hall–Kier alpha value is -4.42.